The number of aryl methyl sites for hydroxylation is 1. The van der Waals surface area contributed by atoms with Crippen molar-refractivity contribution < 1.29 is 28.5 Å². The van der Waals surface area contributed by atoms with Gasteiger partial charge in [-0.25, -0.2) is 0 Å². The lowest BCUT2D eigenvalue weighted by atomic mass is 10.1. The van der Waals surface area contributed by atoms with Crippen LogP contribution in [0.3, 0.4) is 0 Å². The third-order valence-electron chi connectivity index (χ3n) is 4.04. The summed E-state index contributed by atoms with van der Waals surface area (Å²) in [5.41, 5.74) is 2.29. The molecule has 0 aromatic heterocycles. The smallest absolute Gasteiger partial charge is 0.311 e. The topological polar surface area (TPSA) is 83.1 Å². The van der Waals surface area contributed by atoms with Crippen LogP contribution >= 0.6 is 0 Å². The average molecular weight is 387 g/mol. The standard InChI is InChI=1S/C21H25NO6/c1-13-7-6-8-16(9-13)22-21(24)14(2)28-19(23)12-15-10-17(25-3)20(27-5)18(11-15)26-4/h6-11,14H,12H2,1-5H3,(H,22,24)/t14-/m1/s1. The number of amides is 1. The predicted octanol–water partition coefficient (Wildman–Crippen LogP) is 3.13. The Labute approximate surface area is 164 Å². The van der Waals surface area contributed by atoms with Gasteiger partial charge in [0.05, 0.1) is 27.8 Å². The van der Waals surface area contributed by atoms with Crippen LogP contribution in [0.5, 0.6) is 17.2 Å². The van der Waals surface area contributed by atoms with Crippen molar-refractivity contribution in [3.8, 4) is 17.2 Å². The summed E-state index contributed by atoms with van der Waals surface area (Å²) >= 11 is 0. The van der Waals surface area contributed by atoms with E-state index in [0.717, 1.165) is 5.56 Å². The van der Waals surface area contributed by atoms with Gasteiger partial charge in [0, 0.05) is 5.69 Å². The number of anilines is 1. The quantitative estimate of drug-likeness (QED) is 0.701. The second-order valence-corrected chi connectivity index (χ2v) is 6.20. The molecule has 0 bridgehead atoms. The average Bonchev–Trinajstić information content (AvgIpc) is 2.66. The summed E-state index contributed by atoms with van der Waals surface area (Å²) in [5, 5.41) is 2.73. The molecule has 1 atom stereocenters. The molecule has 0 aliphatic rings. The number of benzene rings is 2. The Morgan fingerprint density at radius 2 is 1.64 bits per heavy atom. The summed E-state index contributed by atoms with van der Waals surface area (Å²) in [5.74, 6) is 0.378. The molecule has 2 rings (SSSR count). The van der Waals surface area contributed by atoms with Gasteiger partial charge in [0.25, 0.3) is 5.91 Å². The van der Waals surface area contributed by atoms with Gasteiger partial charge in [-0.2, -0.15) is 0 Å². The van der Waals surface area contributed by atoms with Crippen LogP contribution in [0.2, 0.25) is 0 Å². The van der Waals surface area contributed by atoms with Crippen molar-refractivity contribution in [3.63, 3.8) is 0 Å². The second-order valence-electron chi connectivity index (χ2n) is 6.20. The van der Waals surface area contributed by atoms with Crippen molar-refractivity contribution in [2.24, 2.45) is 0 Å². The van der Waals surface area contributed by atoms with Crippen LogP contribution in [-0.4, -0.2) is 39.3 Å². The Morgan fingerprint density at radius 1 is 1.00 bits per heavy atom. The highest BCUT2D eigenvalue weighted by atomic mass is 16.5. The second kappa shape index (κ2) is 9.64. The van der Waals surface area contributed by atoms with Crippen LogP contribution in [0, 0.1) is 6.92 Å². The third-order valence-corrected chi connectivity index (χ3v) is 4.04. The van der Waals surface area contributed by atoms with E-state index >= 15 is 0 Å². The number of esters is 1. The minimum Gasteiger partial charge on any atom is -0.493 e. The summed E-state index contributed by atoms with van der Waals surface area (Å²) in [6, 6.07) is 10.7. The molecule has 1 N–H and O–H groups in total. The zero-order valence-corrected chi connectivity index (χ0v) is 16.7. The Morgan fingerprint density at radius 3 is 2.18 bits per heavy atom. The molecule has 7 heteroatoms. The molecule has 0 heterocycles. The van der Waals surface area contributed by atoms with Crippen molar-refractivity contribution in [3.05, 3.63) is 47.5 Å². The number of rotatable bonds is 8. The molecule has 2 aromatic carbocycles. The Bertz CT molecular complexity index is 824. The fraction of sp³-hybridized carbons (Fsp3) is 0.333. The fourth-order valence-electron chi connectivity index (χ4n) is 2.66. The van der Waals surface area contributed by atoms with Crippen LogP contribution in [0.25, 0.3) is 0 Å². The summed E-state index contributed by atoms with van der Waals surface area (Å²) in [7, 11) is 4.50. The largest absolute Gasteiger partial charge is 0.493 e. The molecule has 1 amide bonds. The molecule has 0 aliphatic carbocycles. The SMILES string of the molecule is COc1cc(CC(=O)O[C@H](C)C(=O)Nc2cccc(C)c2)cc(OC)c1OC. The molecular formula is C21H25NO6. The van der Waals surface area contributed by atoms with Crippen molar-refractivity contribution in [2.45, 2.75) is 26.4 Å². The molecule has 0 fully saturated rings. The first kappa shape index (κ1) is 21.1. The number of ether oxygens (including phenoxy) is 4. The van der Waals surface area contributed by atoms with Crippen LogP contribution in [0.15, 0.2) is 36.4 Å². The maximum atomic E-state index is 12.3. The van der Waals surface area contributed by atoms with Crippen molar-refractivity contribution >= 4 is 17.6 Å². The van der Waals surface area contributed by atoms with E-state index in [1.165, 1.54) is 28.3 Å². The Kier molecular flexibility index (Phi) is 7.26. The molecule has 0 unspecified atom stereocenters. The first-order valence-electron chi connectivity index (χ1n) is 8.73. The van der Waals surface area contributed by atoms with Gasteiger partial charge in [-0.05, 0) is 49.2 Å². The minimum absolute atomic E-state index is 0.0429. The molecule has 0 spiro atoms. The zero-order valence-electron chi connectivity index (χ0n) is 16.7. The van der Waals surface area contributed by atoms with Gasteiger partial charge in [-0.3, -0.25) is 9.59 Å². The lowest BCUT2D eigenvalue weighted by Gasteiger charge is -2.16. The summed E-state index contributed by atoms with van der Waals surface area (Å²) in [6.07, 6.45) is -0.978. The Hall–Kier alpha value is -3.22. The maximum absolute atomic E-state index is 12.3. The summed E-state index contributed by atoms with van der Waals surface area (Å²) < 4.78 is 21.1. The number of nitrogens with one attached hydrogen (secondary N) is 1. The van der Waals surface area contributed by atoms with E-state index in [1.54, 1.807) is 18.2 Å². The number of carbonyl (C=O) groups excluding carboxylic acids is 2. The number of carbonyl (C=O) groups is 2. The predicted molar refractivity (Wildman–Crippen MR) is 105 cm³/mol. The lowest BCUT2D eigenvalue weighted by molar-refractivity contribution is -0.152. The molecule has 0 radical (unpaired) electrons. The van der Waals surface area contributed by atoms with Crippen LogP contribution in [0.1, 0.15) is 18.1 Å². The molecule has 150 valence electrons. The lowest BCUT2D eigenvalue weighted by Crippen LogP contribution is -2.30. The van der Waals surface area contributed by atoms with Crippen LogP contribution < -0.4 is 19.5 Å². The number of hydrogen-bond acceptors (Lipinski definition) is 6. The van der Waals surface area contributed by atoms with Gasteiger partial charge >= 0.3 is 5.97 Å². The van der Waals surface area contributed by atoms with Crippen molar-refractivity contribution in [1.29, 1.82) is 0 Å². The molecular weight excluding hydrogens is 362 g/mol. The number of hydrogen-bond donors (Lipinski definition) is 1. The van der Waals surface area contributed by atoms with E-state index in [4.69, 9.17) is 18.9 Å². The van der Waals surface area contributed by atoms with E-state index in [2.05, 4.69) is 5.32 Å². The Balaban J connectivity index is 2.02. The summed E-state index contributed by atoms with van der Waals surface area (Å²) in [4.78, 5) is 24.5. The monoisotopic (exact) mass is 387 g/mol. The molecule has 0 saturated heterocycles. The highest BCUT2D eigenvalue weighted by Crippen LogP contribution is 2.38. The third kappa shape index (κ3) is 5.39. The van der Waals surface area contributed by atoms with E-state index in [0.29, 0.717) is 28.5 Å². The van der Waals surface area contributed by atoms with E-state index in [1.807, 2.05) is 25.1 Å². The van der Waals surface area contributed by atoms with Gasteiger partial charge in [-0.1, -0.05) is 12.1 Å². The van der Waals surface area contributed by atoms with Gasteiger partial charge in [0.15, 0.2) is 17.6 Å². The van der Waals surface area contributed by atoms with Gasteiger partial charge < -0.3 is 24.3 Å². The van der Waals surface area contributed by atoms with Gasteiger partial charge in [-0.15, -0.1) is 0 Å². The zero-order chi connectivity index (χ0) is 20.7. The number of methoxy groups -OCH3 is 3. The fourth-order valence-corrected chi connectivity index (χ4v) is 2.66. The highest BCUT2D eigenvalue weighted by molar-refractivity contribution is 5.95. The normalized spacial score (nSPS) is 11.3. The van der Waals surface area contributed by atoms with E-state index in [9.17, 15) is 9.59 Å². The van der Waals surface area contributed by atoms with Crippen molar-refractivity contribution in [2.75, 3.05) is 26.6 Å². The summed E-state index contributed by atoms with van der Waals surface area (Å²) in [6.45, 7) is 3.45. The van der Waals surface area contributed by atoms with Gasteiger partial charge in [0.1, 0.15) is 0 Å². The first-order valence-corrected chi connectivity index (χ1v) is 8.73. The molecule has 7 nitrogen and oxygen atoms in total. The van der Waals surface area contributed by atoms with Crippen LogP contribution in [-0.2, 0) is 20.7 Å². The minimum atomic E-state index is -0.935. The van der Waals surface area contributed by atoms with E-state index in [-0.39, 0.29) is 6.42 Å². The maximum Gasteiger partial charge on any atom is 0.311 e. The van der Waals surface area contributed by atoms with E-state index < -0.39 is 18.0 Å². The van der Waals surface area contributed by atoms with Crippen molar-refractivity contribution in [1.82, 2.24) is 0 Å². The molecule has 28 heavy (non-hydrogen) atoms. The molecule has 2 aromatic rings. The van der Waals surface area contributed by atoms with Crippen LogP contribution in [0.4, 0.5) is 5.69 Å². The molecule has 0 aliphatic heterocycles. The van der Waals surface area contributed by atoms with Gasteiger partial charge in [0.2, 0.25) is 5.75 Å². The highest BCUT2D eigenvalue weighted by Gasteiger charge is 2.20. The molecule has 0 saturated carbocycles. The first-order chi connectivity index (χ1) is 13.4.